The minimum atomic E-state index is -0.725. The van der Waals surface area contributed by atoms with Gasteiger partial charge in [0, 0.05) is 12.3 Å². The predicted octanol–water partition coefficient (Wildman–Crippen LogP) is 5.10. The molecule has 3 rings (SSSR count). The Hall–Kier alpha value is -1.13. The molecular weight excluding hydrogens is 364 g/mol. The Morgan fingerprint density at radius 2 is 1.97 bits per heavy atom. The van der Waals surface area contributed by atoms with Gasteiger partial charge in [0.2, 0.25) is 0 Å². The first-order valence-electron chi connectivity index (χ1n) is 11.9. The van der Waals surface area contributed by atoms with E-state index in [1.54, 1.807) is 0 Å². The van der Waals surface area contributed by atoms with Crippen LogP contribution in [0.15, 0.2) is 23.8 Å². The molecule has 0 aliphatic heterocycles. The van der Waals surface area contributed by atoms with Gasteiger partial charge in [-0.15, -0.1) is 0 Å². The number of hydrogen-bond acceptors (Lipinski definition) is 3. The van der Waals surface area contributed by atoms with Gasteiger partial charge in [0.15, 0.2) is 0 Å². The lowest BCUT2D eigenvalue weighted by Gasteiger charge is -2.30. The van der Waals surface area contributed by atoms with Gasteiger partial charge in [0.25, 0.3) is 0 Å². The summed E-state index contributed by atoms with van der Waals surface area (Å²) in [6.45, 7) is 2.25. The van der Waals surface area contributed by atoms with E-state index in [-0.39, 0.29) is 24.5 Å². The van der Waals surface area contributed by atoms with Crippen molar-refractivity contribution in [1.82, 2.24) is 0 Å². The van der Waals surface area contributed by atoms with Crippen LogP contribution in [0.5, 0.6) is 0 Å². The highest BCUT2D eigenvalue weighted by Crippen LogP contribution is 2.50. The minimum Gasteiger partial charge on any atom is -0.481 e. The maximum atomic E-state index is 10.7. The van der Waals surface area contributed by atoms with Gasteiger partial charge in [0.1, 0.15) is 0 Å². The van der Waals surface area contributed by atoms with Gasteiger partial charge in [-0.25, -0.2) is 0 Å². The summed E-state index contributed by atoms with van der Waals surface area (Å²) < 4.78 is 0. The van der Waals surface area contributed by atoms with Crippen molar-refractivity contribution in [1.29, 1.82) is 0 Å². The third-order valence-corrected chi connectivity index (χ3v) is 7.74. The predicted molar refractivity (Wildman–Crippen MR) is 115 cm³/mol. The Kier molecular flexibility index (Phi) is 8.37. The Morgan fingerprint density at radius 3 is 2.66 bits per heavy atom. The van der Waals surface area contributed by atoms with Crippen LogP contribution >= 0.6 is 0 Å². The Balaban J connectivity index is 1.49. The van der Waals surface area contributed by atoms with E-state index in [1.165, 1.54) is 31.3 Å². The van der Waals surface area contributed by atoms with E-state index in [0.717, 1.165) is 44.4 Å². The highest BCUT2D eigenvalue weighted by Gasteiger charge is 2.45. The molecule has 0 bridgehead atoms. The molecule has 3 aliphatic rings. The van der Waals surface area contributed by atoms with E-state index in [1.807, 2.05) is 6.08 Å². The lowest BCUT2D eigenvalue weighted by Crippen LogP contribution is -2.25. The molecule has 0 aromatic rings. The van der Waals surface area contributed by atoms with Crippen molar-refractivity contribution in [3.8, 4) is 0 Å². The summed E-state index contributed by atoms with van der Waals surface area (Å²) in [5.74, 6) is 1.66. The molecule has 3 aliphatic carbocycles. The minimum absolute atomic E-state index is 0.149. The van der Waals surface area contributed by atoms with Gasteiger partial charge in [-0.3, -0.25) is 4.79 Å². The molecule has 29 heavy (non-hydrogen) atoms. The van der Waals surface area contributed by atoms with Gasteiger partial charge in [-0.1, -0.05) is 56.4 Å². The van der Waals surface area contributed by atoms with Crippen LogP contribution in [-0.2, 0) is 4.79 Å². The number of carboxylic acid groups (broad SMARTS) is 1. The summed E-state index contributed by atoms with van der Waals surface area (Å²) in [5, 5.41) is 30.0. The van der Waals surface area contributed by atoms with E-state index >= 15 is 0 Å². The molecule has 4 nitrogen and oxygen atoms in total. The monoisotopic (exact) mass is 404 g/mol. The molecule has 3 N–H and O–H groups in total. The number of hydrogen-bond donors (Lipinski definition) is 3. The molecular formula is C25H40O4. The highest BCUT2D eigenvalue weighted by molar-refractivity contribution is 5.66. The summed E-state index contributed by atoms with van der Waals surface area (Å²) in [4.78, 5) is 10.6. The van der Waals surface area contributed by atoms with Crippen LogP contribution in [0, 0.1) is 29.6 Å². The third kappa shape index (κ3) is 6.18. The van der Waals surface area contributed by atoms with Gasteiger partial charge < -0.3 is 15.3 Å². The maximum absolute atomic E-state index is 10.7. The molecule has 5 atom stereocenters. The molecule has 0 aromatic heterocycles. The lowest BCUT2D eigenvalue weighted by atomic mass is 9.77. The first-order chi connectivity index (χ1) is 14.0. The van der Waals surface area contributed by atoms with Crippen molar-refractivity contribution in [3.63, 3.8) is 0 Å². The van der Waals surface area contributed by atoms with Crippen LogP contribution in [-0.4, -0.2) is 33.5 Å². The molecule has 0 radical (unpaired) electrons. The zero-order valence-electron chi connectivity index (χ0n) is 18.0. The number of allylic oxidation sites excluding steroid dienone is 2. The Morgan fingerprint density at radius 1 is 1.21 bits per heavy atom. The summed E-state index contributed by atoms with van der Waals surface area (Å²) in [7, 11) is 0. The summed E-state index contributed by atoms with van der Waals surface area (Å²) in [5.41, 5.74) is 1.44. The van der Waals surface area contributed by atoms with Gasteiger partial charge in [-0.05, 0) is 68.6 Å². The number of aliphatic hydroxyl groups is 2. The standard InChI is InChI=1S/C25H40O4/c1-2-5-17-8-10-19(11-9-17)23(26)13-12-21-22-15-18(6-3-4-7-25(28)29)14-20(22)16-24(21)27/h6,12-13,17,19-24,26-27H,2-5,7-11,14-16H2,1H3,(H,28,29)/b13-12+,18-6+/t17?,19?,20-,21-,22+,23+,24-/m1/s1. The number of fused-ring (bicyclic) bond motifs is 1. The molecule has 4 heteroatoms. The van der Waals surface area contributed by atoms with Crippen LogP contribution in [0.25, 0.3) is 0 Å². The topological polar surface area (TPSA) is 77.8 Å². The molecule has 164 valence electrons. The molecule has 0 heterocycles. The average Bonchev–Trinajstić information content (AvgIpc) is 3.20. The van der Waals surface area contributed by atoms with Crippen molar-refractivity contribution in [3.05, 3.63) is 23.8 Å². The van der Waals surface area contributed by atoms with Crippen molar-refractivity contribution in [2.24, 2.45) is 29.6 Å². The first kappa shape index (κ1) is 22.6. The van der Waals surface area contributed by atoms with E-state index in [9.17, 15) is 15.0 Å². The number of aliphatic hydroxyl groups excluding tert-OH is 2. The third-order valence-electron chi connectivity index (χ3n) is 7.74. The van der Waals surface area contributed by atoms with Crippen LogP contribution in [0.4, 0.5) is 0 Å². The van der Waals surface area contributed by atoms with E-state index < -0.39 is 5.97 Å². The zero-order valence-corrected chi connectivity index (χ0v) is 18.0. The highest BCUT2D eigenvalue weighted by atomic mass is 16.4. The normalized spacial score (nSPS) is 37.3. The largest absolute Gasteiger partial charge is 0.481 e. The maximum Gasteiger partial charge on any atom is 0.303 e. The van der Waals surface area contributed by atoms with Crippen LogP contribution < -0.4 is 0 Å². The SMILES string of the molecule is CCCC1CCC([C@@H](O)/C=C/[C@@H]2[C@H]3C/C(=C/CCCC(=O)O)C[C@@H]3C[C@H]2O)CC1. The fraction of sp³-hybridized carbons (Fsp3) is 0.800. The van der Waals surface area contributed by atoms with Crippen molar-refractivity contribution >= 4 is 5.97 Å². The Labute approximate surface area is 176 Å². The molecule has 3 fully saturated rings. The second-order valence-corrected chi connectivity index (χ2v) is 9.81. The van der Waals surface area contributed by atoms with Crippen LogP contribution in [0.3, 0.4) is 0 Å². The number of rotatable bonds is 9. The molecule has 0 aromatic carbocycles. The number of carboxylic acids is 1. The average molecular weight is 405 g/mol. The second-order valence-electron chi connectivity index (χ2n) is 9.81. The van der Waals surface area contributed by atoms with Gasteiger partial charge in [0.05, 0.1) is 12.2 Å². The summed E-state index contributed by atoms with van der Waals surface area (Å²) in [6, 6.07) is 0. The van der Waals surface area contributed by atoms with Crippen LogP contribution in [0.2, 0.25) is 0 Å². The van der Waals surface area contributed by atoms with Crippen molar-refractivity contribution in [2.75, 3.05) is 0 Å². The fourth-order valence-electron chi connectivity index (χ4n) is 6.13. The van der Waals surface area contributed by atoms with Crippen molar-refractivity contribution in [2.45, 2.75) is 96.2 Å². The van der Waals surface area contributed by atoms with Gasteiger partial charge in [-0.2, -0.15) is 0 Å². The molecule has 0 unspecified atom stereocenters. The number of unbranched alkanes of at least 4 members (excludes halogenated alkanes) is 1. The van der Waals surface area contributed by atoms with E-state index in [2.05, 4.69) is 19.1 Å². The van der Waals surface area contributed by atoms with Crippen molar-refractivity contribution < 1.29 is 20.1 Å². The smallest absolute Gasteiger partial charge is 0.303 e. The van der Waals surface area contributed by atoms with E-state index in [0.29, 0.717) is 24.2 Å². The Bertz CT molecular complexity index is 588. The molecule has 0 saturated heterocycles. The van der Waals surface area contributed by atoms with Gasteiger partial charge >= 0.3 is 5.97 Å². The van der Waals surface area contributed by atoms with E-state index in [4.69, 9.17) is 5.11 Å². The fourth-order valence-corrected chi connectivity index (χ4v) is 6.13. The van der Waals surface area contributed by atoms with Crippen LogP contribution in [0.1, 0.15) is 84.0 Å². The molecule has 0 amide bonds. The summed E-state index contributed by atoms with van der Waals surface area (Å²) in [6.07, 6.45) is 17.7. The number of carbonyl (C=O) groups is 1. The molecule has 0 spiro atoms. The summed E-state index contributed by atoms with van der Waals surface area (Å²) >= 11 is 0. The quantitative estimate of drug-likeness (QED) is 0.369. The zero-order chi connectivity index (χ0) is 20.8. The first-order valence-corrected chi connectivity index (χ1v) is 11.9. The molecule has 3 saturated carbocycles. The second kappa shape index (κ2) is 10.8. The lowest BCUT2D eigenvalue weighted by molar-refractivity contribution is -0.137. The number of aliphatic carboxylic acids is 1.